The first-order valence-corrected chi connectivity index (χ1v) is 8.08. The molecule has 3 nitrogen and oxygen atoms in total. The molecule has 3 rings (SSSR count). The summed E-state index contributed by atoms with van der Waals surface area (Å²) in [4.78, 5) is 4.59. The van der Waals surface area contributed by atoms with E-state index in [1.165, 1.54) is 0 Å². The lowest BCUT2D eigenvalue weighted by Crippen LogP contribution is -2.01. The lowest BCUT2D eigenvalue weighted by atomic mass is 10.2. The van der Waals surface area contributed by atoms with Crippen molar-refractivity contribution in [3.05, 3.63) is 42.5 Å². The summed E-state index contributed by atoms with van der Waals surface area (Å²) in [6.45, 7) is 0.525. The molecule has 0 aliphatic heterocycles. The molecule has 2 N–H and O–H groups in total. The average Bonchev–Trinajstić information content (AvgIpc) is 2.95. The molecule has 0 amide bonds. The largest absolute Gasteiger partial charge is 0.508 e. The van der Waals surface area contributed by atoms with E-state index in [4.69, 9.17) is 0 Å². The van der Waals surface area contributed by atoms with E-state index in [-0.39, 0.29) is 12.4 Å². The van der Waals surface area contributed by atoms with Crippen molar-refractivity contribution in [2.24, 2.45) is 0 Å². The number of halogens is 1. The number of nitrogens with zero attached hydrogens (tertiary/aromatic N) is 1. The number of aromatic hydroxyl groups is 1. The Morgan fingerprint density at radius 2 is 1.91 bits per heavy atom. The molecule has 2 aromatic carbocycles. The smallest absolute Gasteiger partial charge is 0.124 e. The Morgan fingerprint density at radius 3 is 2.68 bits per heavy atom. The molecule has 3 aromatic rings. The number of nitrogens with one attached hydrogen (secondary N) is 1. The predicted molar refractivity (Wildman–Crippen MR) is 90.4 cm³/mol. The van der Waals surface area contributed by atoms with Crippen LogP contribution in [0.25, 0.3) is 20.8 Å². The summed E-state index contributed by atoms with van der Waals surface area (Å²) in [5, 5.41) is 13.7. The minimum absolute atomic E-state index is 0.256. The molecule has 1 heterocycles. The Bertz CT molecular complexity index is 755. The number of fused-ring (bicyclic) bond motifs is 1. The van der Waals surface area contributed by atoms with Crippen LogP contribution >= 0.6 is 11.3 Å². The number of anilines is 1. The normalized spacial score (nSPS) is 11.0. The molecule has 0 bridgehead atoms. The standard InChI is InChI=1S/C17H17FN2OS/c18-9-1-2-10-19-13-5-3-12(4-6-13)17-20-15-8-7-14(21)11-16(15)22-17/h3-8,11,19,21H,1-2,9-10H2. The van der Waals surface area contributed by atoms with Crippen LogP contribution in [0.3, 0.4) is 0 Å². The molecule has 5 heteroatoms. The molecule has 0 radical (unpaired) electrons. The van der Waals surface area contributed by atoms with Crippen molar-refractivity contribution < 1.29 is 9.50 Å². The highest BCUT2D eigenvalue weighted by molar-refractivity contribution is 7.21. The minimum atomic E-state index is -0.256. The van der Waals surface area contributed by atoms with Gasteiger partial charge in [-0.25, -0.2) is 4.98 Å². The quantitative estimate of drug-likeness (QED) is 0.640. The number of phenols is 1. The molecule has 0 saturated carbocycles. The second-order valence-corrected chi connectivity index (χ2v) is 6.10. The Balaban J connectivity index is 1.73. The Morgan fingerprint density at radius 1 is 1.09 bits per heavy atom. The molecule has 0 aliphatic carbocycles. The Labute approximate surface area is 132 Å². The van der Waals surface area contributed by atoms with Crippen LogP contribution in [-0.4, -0.2) is 23.3 Å². The van der Waals surface area contributed by atoms with Gasteiger partial charge in [-0.15, -0.1) is 11.3 Å². The van der Waals surface area contributed by atoms with Crippen LogP contribution < -0.4 is 5.32 Å². The highest BCUT2D eigenvalue weighted by atomic mass is 32.1. The van der Waals surface area contributed by atoms with E-state index >= 15 is 0 Å². The summed E-state index contributed by atoms with van der Waals surface area (Å²) in [5.74, 6) is 0.260. The topological polar surface area (TPSA) is 45.2 Å². The van der Waals surface area contributed by atoms with Crippen molar-refractivity contribution in [1.29, 1.82) is 0 Å². The summed E-state index contributed by atoms with van der Waals surface area (Å²) >= 11 is 1.56. The van der Waals surface area contributed by atoms with E-state index in [2.05, 4.69) is 10.3 Å². The Hall–Kier alpha value is -2.14. The van der Waals surface area contributed by atoms with Gasteiger partial charge < -0.3 is 10.4 Å². The number of alkyl halides is 1. The minimum Gasteiger partial charge on any atom is -0.508 e. The molecule has 0 aliphatic rings. The molecule has 114 valence electrons. The molecule has 0 unspecified atom stereocenters. The number of rotatable bonds is 6. The second kappa shape index (κ2) is 6.75. The zero-order valence-corrected chi connectivity index (χ0v) is 12.9. The maximum atomic E-state index is 12.0. The van der Waals surface area contributed by atoms with E-state index in [1.807, 2.05) is 30.3 Å². The van der Waals surface area contributed by atoms with Crippen molar-refractivity contribution >= 4 is 27.2 Å². The zero-order valence-electron chi connectivity index (χ0n) is 12.1. The third-order valence-corrected chi connectivity index (χ3v) is 4.46. The van der Waals surface area contributed by atoms with Crippen LogP contribution in [0.4, 0.5) is 10.1 Å². The van der Waals surface area contributed by atoms with Crippen molar-refractivity contribution in [3.8, 4) is 16.3 Å². The van der Waals surface area contributed by atoms with Crippen LogP contribution in [0.15, 0.2) is 42.5 Å². The predicted octanol–water partition coefficient (Wildman–Crippen LogP) is 4.83. The fraction of sp³-hybridized carbons (Fsp3) is 0.235. The molecule has 0 fully saturated rings. The van der Waals surface area contributed by atoms with Gasteiger partial charge in [0.15, 0.2) is 0 Å². The van der Waals surface area contributed by atoms with Gasteiger partial charge in [0, 0.05) is 17.8 Å². The Kier molecular flexibility index (Phi) is 4.53. The van der Waals surface area contributed by atoms with Gasteiger partial charge in [0.25, 0.3) is 0 Å². The average molecular weight is 316 g/mol. The first-order valence-electron chi connectivity index (χ1n) is 7.26. The van der Waals surface area contributed by atoms with E-state index in [0.29, 0.717) is 6.42 Å². The summed E-state index contributed by atoms with van der Waals surface area (Å²) in [7, 11) is 0. The third kappa shape index (κ3) is 3.36. The number of unbranched alkanes of at least 4 members (excludes halogenated alkanes) is 1. The maximum absolute atomic E-state index is 12.0. The van der Waals surface area contributed by atoms with Crippen molar-refractivity contribution in [3.63, 3.8) is 0 Å². The van der Waals surface area contributed by atoms with E-state index in [9.17, 15) is 9.50 Å². The third-order valence-electron chi connectivity index (χ3n) is 3.39. The molecule has 1 aromatic heterocycles. The van der Waals surface area contributed by atoms with Crippen molar-refractivity contribution in [2.45, 2.75) is 12.8 Å². The molecule has 0 saturated heterocycles. The maximum Gasteiger partial charge on any atom is 0.124 e. The number of benzene rings is 2. The lowest BCUT2D eigenvalue weighted by molar-refractivity contribution is 0.466. The van der Waals surface area contributed by atoms with Crippen LogP contribution in [-0.2, 0) is 0 Å². The zero-order chi connectivity index (χ0) is 15.4. The van der Waals surface area contributed by atoms with Gasteiger partial charge in [-0.1, -0.05) is 0 Å². The van der Waals surface area contributed by atoms with Gasteiger partial charge in [0.05, 0.1) is 16.9 Å². The first kappa shape index (κ1) is 14.8. The summed E-state index contributed by atoms with van der Waals surface area (Å²) in [6.07, 6.45) is 1.43. The van der Waals surface area contributed by atoms with E-state index < -0.39 is 0 Å². The monoisotopic (exact) mass is 316 g/mol. The summed E-state index contributed by atoms with van der Waals surface area (Å²) in [5.41, 5.74) is 2.97. The highest BCUT2D eigenvalue weighted by Gasteiger charge is 2.06. The van der Waals surface area contributed by atoms with Gasteiger partial charge in [-0.3, -0.25) is 4.39 Å². The highest BCUT2D eigenvalue weighted by Crippen LogP contribution is 2.32. The van der Waals surface area contributed by atoms with Crippen molar-refractivity contribution in [2.75, 3.05) is 18.5 Å². The van der Waals surface area contributed by atoms with Gasteiger partial charge in [-0.05, 0) is 55.3 Å². The molecule has 0 atom stereocenters. The van der Waals surface area contributed by atoms with Gasteiger partial charge in [0.2, 0.25) is 0 Å². The lowest BCUT2D eigenvalue weighted by Gasteiger charge is -2.05. The van der Waals surface area contributed by atoms with Crippen LogP contribution in [0.1, 0.15) is 12.8 Å². The number of phenolic OH excluding ortho intramolecular Hbond substituents is 1. The fourth-order valence-electron chi connectivity index (χ4n) is 2.22. The number of hydrogen-bond donors (Lipinski definition) is 2. The van der Waals surface area contributed by atoms with E-state index in [1.54, 1.807) is 23.5 Å². The first-order chi connectivity index (χ1) is 10.8. The van der Waals surface area contributed by atoms with Gasteiger partial charge in [-0.2, -0.15) is 0 Å². The molecule has 22 heavy (non-hydrogen) atoms. The molecule has 0 spiro atoms. The van der Waals surface area contributed by atoms with Gasteiger partial charge >= 0.3 is 0 Å². The summed E-state index contributed by atoms with van der Waals surface area (Å²) < 4.78 is 13.0. The van der Waals surface area contributed by atoms with Crippen LogP contribution in [0.2, 0.25) is 0 Å². The number of hydrogen-bond acceptors (Lipinski definition) is 4. The molecular weight excluding hydrogens is 299 g/mol. The van der Waals surface area contributed by atoms with Crippen LogP contribution in [0, 0.1) is 0 Å². The SMILES string of the molecule is Oc1ccc2nc(-c3ccc(NCCCCF)cc3)sc2c1. The van der Waals surface area contributed by atoms with Crippen molar-refractivity contribution in [1.82, 2.24) is 4.98 Å². The van der Waals surface area contributed by atoms with Crippen LogP contribution in [0.5, 0.6) is 5.75 Å². The number of thiazole rings is 1. The number of aromatic nitrogens is 1. The van der Waals surface area contributed by atoms with E-state index in [0.717, 1.165) is 39.4 Å². The second-order valence-electron chi connectivity index (χ2n) is 5.07. The molecular formula is C17H17FN2OS. The fourth-order valence-corrected chi connectivity index (χ4v) is 3.22. The summed E-state index contributed by atoms with van der Waals surface area (Å²) in [6, 6.07) is 13.3. The van der Waals surface area contributed by atoms with Gasteiger partial charge in [0.1, 0.15) is 10.8 Å².